The lowest BCUT2D eigenvalue weighted by molar-refractivity contribution is 0.0697. The third kappa shape index (κ3) is 3.30. The number of carbonyl (C=O) groups is 1. The summed E-state index contributed by atoms with van der Waals surface area (Å²) in [5.74, 6) is 0.500. The lowest BCUT2D eigenvalue weighted by Crippen LogP contribution is -1.98. The predicted molar refractivity (Wildman–Crippen MR) is 98.8 cm³/mol. The van der Waals surface area contributed by atoms with Crippen molar-refractivity contribution in [3.05, 3.63) is 72.3 Å². The maximum Gasteiger partial charge on any atom is 0.335 e. The van der Waals surface area contributed by atoms with Crippen LogP contribution in [0.5, 0.6) is 11.5 Å². The summed E-state index contributed by atoms with van der Waals surface area (Å²) in [5.41, 5.74) is 2.05. The van der Waals surface area contributed by atoms with Gasteiger partial charge in [0.15, 0.2) is 17.3 Å². The average molecular weight is 358 g/mol. The molecule has 0 saturated heterocycles. The SMILES string of the molecule is Cc1ccc(Oc2ccnc3cc(C(=O)O)ccc23)c(-c2ncccn2)n1. The van der Waals surface area contributed by atoms with Crippen molar-refractivity contribution in [1.82, 2.24) is 19.9 Å². The highest BCUT2D eigenvalue weighted by atomic mass is 16.5. The molecule has 3 aromatic heterocycles. The number of benzene rings is 1. The first-order chi connectivity index (χ1) is 13.1. The van der Waals surface area contributed by atoms with Gasteiger partial charge in [0.25, 0.3) is 0 Å². The number of rotatable bonds is 4. The average Bonchev–Trinajstić information content (AvgIpc) is 2.69. The van der Waals surface area contributed by atoms with Gasteiger partial charge in [-0.2, -0.15) is 0 Å². The molecule has 0 aliphatic carbocycles. The quantitative estimate of drug-likeness (QED) is 0.591. The van der Waals surface area contributed by atoms with E-state index in [0.717, 1.165) is 5.69 Å². The molecule has 4 aromatic rings. The highest BCUT2D eigenvalue weighted by Crippen LogP contribution is 2.33. The van der Waals surface area contributed by atoms with E-state index in [9.17, 15) is 4.79 Å². The van der Waals surface area contributed by atoms with Crippen LogP contribution >= 0.6 is 0 Å². The van der Waals surface area contributed by atoms with Gasteiger partial charge in [-0.3, -0.25) is 4.98 Å². The molecular weight excluding hydrogens is 344 g/mol. The Balaban J connectivity index is 1.80. The molecule has 1 N–H and O–H groups in total. The van der Waals surface area contributed by atoms with Gasteiger partial charge in [0.2, 0.25) is 0 Å². The Hall–Kier alpha value is -3.87. The van der Waals surface area contributed by atoms with Crippen LogP contribution in [0, 0.1) is 6.92 Å². The molecule has 0 aliphatic rings. The molecule has 0 atom stereocenters. The van der Waals surface area contributed by atoms with E-state index in [4.69, 9.17) is 9.84 Å². The minimum Gasteiger partial charge on any atom is -0.478 e. The smallest absolute Gasteiger partial charge is 0.335 e. The maximum atomic E-state index is 11.2. The van der Waals surface area contributed by atoms with E-state index >= 15 is 0 Å². The van der Waals surface area contributed by atoms with E-state index in [0.29, 0.717) is 33.9 Å². The first-order valence-corrected chi connectivity index (χ1v) is 8.17. The zero-order valence-corrected chi connectivity index (χ0v) is 14.3. The molecule has 3 heterocycles. The van der Waals surface area contributed by atoms with Crippen molar-refractivity contribution < 1.29 is 14.6 Å². The summed E-state index contributed by atoms with van der Waals surface area (Å²) in [5, 5.41) is 9.85. The van der Waals surface area contributed by atoms with Crippen molar-refractivity contribution in [2.45, 2.75) is 6.92 Å². The summed E-state index contributed by atoms with van der Waals surface area (Å²) >= 11 is 0. The summed E-state index contributed by atoms with van der Waals surface area (Å²) < 4.78 is 6.10. The Morgan fingerprint density at radius 2 is 1.78 bits per heavy atom. The van der Waals surface area contributed by atoms with Crippen molar-refractivity contribution in [3.8, 4) is 23.0 Å². The molecule has 0 aliphatic heterocycles. The van der Waals surface area contributed by atoms with Crippen LogP contribution in [0.2, 0.25) is 0 Å². The number of carboxylic acid groups (broad SMARTS) is 1. The zero-order chi connectivity index (χ0) is 18.8. The summed E-state index contributed by atoms with van der Waals surface area (Å²) in [4.78, 5) is 28.4. The lowest BCUT2D eigenvalue weighted by Gasteiger charge is -2.12. The second kappa shape index (κ2) is 6.80. The van der Waals surface area contributed by atoms with Crippen LogP contribution in [0.1, 0.15) is 16.1 Å². The molecule has 0 unspecified atom stereocenters. The molecule has 0 spiro atoms. The van der Waals surface area contributed by atoms with Gasteiger partial charge in [-0.15, -0.1) is 0 Å². The number of aromatic carboxylic acids is 1. The zero-order valence-electron chi connectivity index (χ0n) is 14.3. The van der Waals surface area contributed by atoms with Crippen LogP contribution < -0.4 is 4.74 Å². The molecule has 0 amide bonds. The number of aromatic nitrogens is 4. The van der Waals surface area contributed by atoms with Crippen LogP contribution in [0.3, 0.4) is 0 Å². The Labute approximate surface area is 154 Å². The van der Waals surface area contributed by atoms with E-state index in [1.54, 1.807) is 36.8 Å². The first kappa shape index (κ1) is 16.6. The van der Waals surface area contributed by atoms with Crippen LogP contribution in [-0.4, -0.2) is 31.0 Å². The number of fused-ring (bicyclic) bond motifs is 1. The summed E-state index contributed by atoms with van der Waals surface area (Å²) in [6.45, 7) is 1.88. The molecule has 7 heteroatoms. The van der Waals surface area contributed by atoms with Crippen LogP contribution in [0.25, 0.3) is 22.4 Å². The van der Waals surface area contributed by atoms with Gasteiger partial charge in [0, 0.05) is 29.7 Å². The van der Waals surface area contributed by atoms with Crippen LogP contribution in [-0.2, 0) is 0 Å². The third-order valence-corrected chi connectivity index (χ3v) is 3.94. The number of carboxylic acids is 1. The first-order valence-electron chi connectivity index (χ1n) is 8.17. The van der Waals surface area contributed by atoms with Gasteiger partial charge >= 0.3 is 5.97 Å². The fraction of sp³-hybridized carbons (Fsp3) is 0.0500. The monoisotopic (exact) mass is 358 g/mol. The van der Waals surface area contributed by atoms with Gasteiger partial charge in [-0.1, -0.05) is 0 Å². The molecule has 0 bridgehead atoms. The fourth-order valence-electron chi connectivity index (χ4n) is 2.67. The minimum atomic E-state index is -1.00. The Kier molecular flexibility index (Phi) is 4.18. The number of aryl methyl sites for hydroxylation is 1. The second-order valence-electron chi connectivity index (χ2n) is 5.82. The Morgan fingerprint density at radius 3 is 2.56 bits per heavy atom. The second-order valence-corrected chi connectivity index (χ2v) is 5.82. The standard InChI is InChI=1S/C20H14N4O3/c1-12-3-6-17(18(24-12)19-22-8-2-9-23-19)27-16-7-10-21-15-11-13(20(25)26)4-5-14(15)16/h2-11H,1H3,(H,25,26). The number of ether oxygens (including phenoxy) is 1. The number of hydrogen-bond acceptors (Lipinski definition) is 6. The van der Waals surface area contributed by atoms with Crippen molar-refractivity contribution in [2.24, 2.45) is 0 Å². The minimum absolute atomic E-state index is 0.169. The van der Waals surface area contributed by atoms with E-state index in [2.05, 4.69) is 19.9 Å². The van der Waals surface area contributed by atoms with Gasteiger partial charge in [0.1, 0.15) is 5.75 Å². The molecule has 27 heavy (non-hydrogen) atoms. The van der Waals surface area contributed by atoms with E-state index in [-0.39, 0.29) is 5.56 Å². The van der Waals surface area contributed by atoms with Crippen molar-refractivity contribution >= 4 is 16.9 Å². The number of pyridine rings is 2. The van der Waals surface area contributed by atoms with E-state index < -0.39 is 5.97 Å². The van der Waals surface area contributed by atoms with Crippen LogP contribution in [0.15, 0.2) is 61.1 Å². The maximum absolute atomic E-state index is 11.2. The largest absolute Gasteiger partial charge is 0.478 e. The van der Waals surface area contributed by atoms with Gasteiger partial charge in [0.05, 0.1) is 11.1 Å². The highest BCUT2D eigenvalue weighted by Gasteiger charge is 2.14. The lowest BCUT2D eigenvalue weighted by atomic mass is 10.1. The normalized spacial score (nSPS) is 10.7. The predicted octanol–water partition coefficient (Wildman–Crippen LogP) is 3.89. The van der Waals surface area contributed by atoms with Crippen molar-refractivity contribution in [1.29, 1.82) is 0 Å². The fourth-order valence-corrected chi connectivity index (χ4v) is 2.67. The van der Waals surface area contributed by atoms with Crippen molar-refractivity contribution in [2.75, 3.05) is 0 Å². The number of hydrogen-bond donors (Lipinski definition) is 1. The molecule has 0 fully saturated rings. The summed E-state index contributed by atoms with van der Waals surface area (Å²) in [7, 11) is 0. The summed E-state index contributed by atoms with van der Waals surface area (Å²) in [6.07, 6.45) is 4.86. The molecule has 0 radical (unpaired) electrons. The summed E-state index contributed by atoms with van der Waals surface area (Å²) in [6, 6.07) is 11.8. The highest BCUT2D eigenvalue weighted by molar-refractivity contribution is 5.94. The molecule has 1 aromatic carbocycles. The Bertz CT molecular complexity index is 1150. The van der Waals surface area contributed by atoms with E-state index in [1.807, 2.05) is 19.1 Å². The molecule has 0 saturated carbocycles. The Morgan fingerprint density at radius 1 is 0.963 bits per heavy atom. The van der Waals surface area contributed by atoms with Crippen molar-refractivity contribution in [3.63, 3.8) is 0 Å². The molecule has 132 valence electrons. The van der Waals surface area contributed by atoms with Gasteiger partial charge in [-0.05, 0) is 49.4 Å². The van der Waals surface area contributed by atoms with Gasteiger partial charge < -0.3 is 9.84 Å². The third-order valence-electron chi connectivity index (χ3n) is 3.94. The topological polar surface area (TPSA) is 98.1 Å². The molecule has 4 rings (SSSR count). The van der Waals surface area contributed by atoms with Crippen LogP contribution in [0.4, 0.5) is 0 Å². The molecular formula is C20H14N4O3. The number of nitrogens with zero attached hydrogens (tertiary/aromatic N) is 4. The van der Waals surface area contributed by atoms with Gasteiger partial charge in [-0.25, -0.2) is 19.7 Å². The van der Waals surface area contributed by atoms with E-state index in [1.165, 1.54) is 12.1 Å². The molecule has 7 nitrogen and oxygen atoms in total.